The Morgan fingerprint density at radius 3 is 3.00 bits per heavy atom. The van der Waals surface area contributed by atoms with Crippen molar-refractivity contribution >= 4 is 44.7 Å². The molecular weight excluding hydrogens is 450 g/mol. The van der Waals surface area contributed by atoms with Crippen LogP contribution in [-0.4, -0.2) is 54.3 Å². The first-order valence-electron chi connectivity index (χ1n) is 9.24. The number of nitrogens with zero attached hydrogens (tertiary/aromatic N) is 3. The van der Waals surface area contributed by atoms with Crippen molar-refractivity contribution in [3.63, 3.8) is 0 Å². The molecule has 9 nitrogen and oxygen atoms in total. The fraction of sp³-hybridized carbons (Fsp3) is 0.444. The topological polar surface area (TPSA) is 130 Å². The first kappa shape index (κ1) is 21.3. The number of aryl methyl sites for hydroxylation is 1. The summed E-state index contributed by atoms with van der Waals surface area (Å²) in [5, 5.41) is 13.0. The van der Waals surface area contributed by atoms with E-state index >= 15 is 0 Å². The number of anilines is 1. The Balaban J connectivity index is 1.74. The second-order valence-electron chi connectivity index (χ2n) is 7.26. The Morgan fingerprint density at radius 2 is 2.27 bits per heavy atom. The van der Waals surface area contributed by atoms with Gasteiger partial charge in [-0.05, 0) is 25.1 Å². The van der Waals surface area contributed by atoms with Gasteiger partial charge in [0.1, 0.15) is 16.6 Å². The smallest absolute Gasteiger partial charge is 0.245 e. The average Bonchev–Trinajstić information content (AvgIpc) is 3.09. The maximum absolute atomic E-state index is 13.0. The van der Waals surface area contributed by atoms with E-state index < -0.39 is 27.0 Å². The molecule has 4 heterocycles. The molecule has 0 bridgehead atoms. The average molecular weight is 472 g/mol. The Labute approximate surface area is 183 Å². The second kappa shape index (κ2) is 7.65. The molecule has 4 N–H and O–H groups in total. The van der Waals surface area contributed by atoms with E-state index in [9.17, 15) is 13.5 Å². The van der Waals surface area contributed by atoms with Gasteiger partial charge in [-0.2, -0.15) is 0 Å². The molecule has 1 fully saturated rings. The van der Waals surface area contributed by atoms with Crippen LogP contribution in [0.3, 0.4) is 0 Å². The van der Waals surface area contributed by atoms with Crippen LogP contribution < -0.4 is 11.1 Å². The fourth-order valence-corrected chi connectivity index (χ4v) is 7.21. The summed E-state index contributed by atoms with van der Waals surface area (Å²) in [5.41, 5.74) is 5.61. The van der Waals surface area contributed by atoms with E-state index in [1.54, 1.807) is 12.1 Å². The molecule has 0 aromatic carbocycles. The van der Waals surface area contributed by atoms with E-state index in [0.29, 0.717) is 33.6 Å². The Morgan fingerprint density at radius 1 is 1.50 bits per heavy atom. The number of fused-ring (bicyclic) bond motifs is 1. The van der Waals surface area contributed by atoms with E-state index in [0.717, 1.165) is 10.00 Å². The molecule has 2 aromatic rings. The van der Waals surface area contributed by atoms with Crippen molar-refractivity contribution in [2.24, 2.45) is 10.7 Å². The van der Waals surface area contributed by atoms with Crippen LogP contribution in [0.1, 0.15) is 28.1 Å². The molecule has 12 heteroatoms. The van der Waals surface area contributed by atoms with Gasteiger partial charge < -0.3 is 20.9 Å². The highest BCUT2D eigenvalue weighted by molar-refractivity contribution is 7.90. The summed E-state index contributed by atoms with van der Waals surface area (Å²) in [5.74, 6) is 0.418. The van der Waals surface area contributed by atoms with Crippen molar-refractivity contribution in [2.75, 3.05) is 25.6 Å². The van der Waals surface area contributed by atoms with Crippen LogP contribution in [0.15, 0.2) is 29.3 Å². The molecule has 2 aliphatic rings. The zero-order valence-electron chi connectivity index (χ0n) is 16.4. The lowest BCUT2D eigenvalue weighted by molar-refractivity contribution is 0.0545. The third-order valence-corrected chi connectivity index (χ3v) is 9.31. The number of rotatable bonds is 4. The minimum absolute atomic E-state index is 0.0129. The van der Waals surface area contributed by atoms with Crippen molar-refractivity contribution in [1.82, 2.24) is 9.29 Å². The van der Waals surface area contributed by atoms with E-state index in [1.165, 1.54) is 18.4 Å². The number of sulfonamides is 1. The monoisotopic (exact) mass is 471 g/mol. The van der Waals surface area contributed by atoms with E-state index in [4.69, 9.17) is 22.1 Å². The van der Waals surface area contributed by atoms with Crippen molar-refractivity contribution in [2.45, 2.75) is 30.4 Å². The van der Waals surface area contributed by atoms with Gasteiger partial charge in [-0.15, -0.1) is 11.3 Å². The SMILES string of the molecule is Cc1cccc(NC(O)c2cc(Cl)c([C@]34CCOCC3S(=O)(=O)N(C)C(N)=N4)s2)n1. The summed E-state index contributed by atoms with van der Waals surface area (Å²) < 4.78 is 32.5. The highest BCUT2D eigenvalue weighted by atomic mass is 35.5. The van der Waals surface area contributed by atoms with Gasteiger partial charge in [0.15, 0.2) is 6.23 Å². The molecule has 4 rings (SSSR count). The first-order valence-corrected chi connectivity index (χ1v) is 11.9. The molecule has 0 saturated carbocycles. The molecule has 2 unspecified atom stereocenters. The zero-order chi connectivity index (χ0) is 21.7. The van der Waals surface area contributed by atoms with Gasteiger partial charge in [0.05, 0.1) is 21.4 Å². The minimum atomic E-state index is -3.79. The Kier molecular flexibility index (Phi) is 5.43. The third-order valence-electron chi connectivity index (χ3n) is 5.35. The summed E-state index contributed by atoms with van der Waals surface area (Å²) in [6.45, 7) is 2.16. The second-order valence-corrected chi connectivity index (χ2v) is 10.9. The predicted molar refractivity (Wildman–Crippen MR) is 116 cm³/mol. The van der Waals surface area contributed by atoms with Crippen LogP contribution in [-0.2, 0) is 20.3 Å². The zero-order valence-corrected chi connectivity index (χ0v) is 18.8. The van der Waals surface area contributed by atoms with Crippen molar-refractivity contribution in [3.8, 4) is 0 Å². The number of guanidine groups is 1. The number of aliphatic hydroxyl groups excluding tert-OH is 1. The van der Waals surface area contributed by atoms with Gasteiger partial charge in [0.2, 0.25) is 16.0 Å². The molecule has 0 amide bonds. The van der Waals surface area contributed by atoms with Gasteiger partial charge in [0, 0.05) is 25.8 Å². The molecule has 2 aromatic heterocycles. The van der Waals surface area contributed by atoms with E-state index in [-0.39, 0.29) is 12.6 Å². The molecule has 2 aliphatic heterocycles. The van der Waals surface area contributed by atoms with Crippen LogP contribution in [0.25, 0.3) is 0 Å². The number of hydrogen-bond acceptors (Lipinski definition) is 9. The summed E-state index contributed by atoms with van der Waals surface area (Å²) in [6.07, 6.45) is -0.761. The van der Waals surface area contributed by atoms with Gasteiger partial charge in [-0.25, -0.2) is 22.7 Å². The summed E-state index contributed by atoms with van der Waals surface area (Å²) in [7, 11) is -2.42. The van der Waals surface area contributed by atoms with Gasteiger partial charge in [-0.3, -0.25) is 0 Å². The molecule has 30 heavy (non-hydrogen) atoms. The molecule has 0 spiro atoms. The number of ether oxygens (including phenoxy) is 1. The largest absolute Gasteiger partial charge is 0.380 e. The number of halogens is 1. The van der Waals surface area contributed by atoms with E-state index in [2.05, 4.69) is 15.3 Å². The van der Waals surface area contributed by atoms with Crippen LogP contribution in [0, 0.1) is 6.92 Å². The van der Waals surface area contributed by atoms with Crippen molar-refractivity contribution in [3.05, 3.63) is 44.7 Å². The summed E-state index contributed by atoms with van der Waals surface area (Å²) >= 11 is 7.74. The Bertz CT molecular complexity index is 1110. The lowest BCUT2D eigenvalue weighted by atomic mass is 9.88. The van der Waals surface area contributed by atoms with Gasteiger partial charge >= 0.3 is 0 Å². The molecule has 3 atom stereocenters. The predicted octanol–water partition coefficient (Wildman–Crippen LogP) is 1.78. The van der Waals surface area contributed by atoms with Crippen LogP contribution in [0.4, 0.5) is 5.82 Å². The Hall–Kier alpha value is -1.92. The summed E-state index contributed by atoms with van der Waals surface area (Å²) in [4.78, 5) is 9.97. The maximum Gasteiger partial charge on any atom is 0.245 e. The lowest BCUT2D eigenvalue weighted by Gasteiger charge is -2.45. The van der Waals surface area contributed by atoms with E-state index in [1.807, 2.05) is 19.1 Å². The number of aliphatic hydroxyl groups is 1. The first-order chi connectivity index (χ1) is 14.1. The fourth-order valence-electron chi connectivity index (χ4n) is 3.73. The van der Waals surface area contributed by atoms with Crippen molar-refractivity contribution in [1.29, 1.82) is 0 Å². The number of hydrogen-bond donors (Lipinski definition) is 3. The summed E-state index contributed by atoms with van der Waals surface area (Å²) in [6, 6.07) is 7.04. The standard InChI is InChI=1S/C18H22ClN5O4S2/c1-10-4-3-5-14(21-10)22-16(25)12-8-11(19)15(29-12)18-6-7-28-9-13(18)30(26,27)24(2)17(20)23-18/h3-5,8,13,16,25H,6-7,9H2,1-2H3,(H2,20,23)(H,21,22)/t13?,16?,18-/m0/s1. The van der Waals surface area contributed by atoms with Crippen LogP contribution >= 0.6 is 22.9 Å². The highest BCUT2D eigenvalue weighted by Crippen LogP contribution is 2.49. The van der Waals surface area contributed by atoms with Gasteiger partial charge in [-0.1, -0.05) is 17.7 Å². The molecule has 162 valence electrons. The molecule has 1 saturated heterocycles. The maximum atomic E-state index is 13.0. The normalized spacial score (nSPS) is 26.6. The number of pyridine rings is 1. The molecular formula is C18H22ClN5O4S2. The number of aromatic nitrogens is 1. The number of nitrogens with two attached hydrogens (primary N) is 1. The molecule has 0 radical (unpaired) electrons. The quantitative estimate of drug-likeness (QED) is 0.579. The highest BCUT2D eigenvalue weighted by Gasteiger charge is 2.56. The number of nitrogens with one attached hydrogen (secondary N) is 1. The van der Waals surface area contributed by atoms with Crippen LogP contribution in [0.5, 0.6) is 0 Å². The van der Waals surface area contributed by atoms with Crippen molar-refractivity contribution < 1.29 is 18.3 Å². The van der Waals surface area contributed by atoms with Crippen LogP contribution in [0.2, 0.25) is 5.02 Å². The number of aliphatic imine (C=N–C) groups is 1. The number of thiophene rings is 1. The molecule has 0 aliphatic carbocycles. The minimum Gasteiger partial charge on any atom is -0.380 e. The van der Waals surface area contributed by atoms with Gasteiger partial charge in [0.25, 0.3) is 0 Å². The third kappa shape index (κ3) is 3.44. The lowest BCUT2D eigenvalue weighted by Crippen LogP contribution is -2.60.